The summed E-state index contributed by atoms with van der Waals surface area (Å²) >= 11 is 1.61. The number of aryl methyl sites for hydroxylation is 2. The Hall–Kier alpha value is -3.05. The average molecular weight is 515 g/mol. The van der Waals surface area contributed by atoms with E-state index in [-0.39, 0.29) is 17.9 Å². The number of amides is 2. The minimum atomic E-state index is -0.560. The zero-order chi connectivity index (χ0) is 26.0. The van der Waals surface area contributed by atoms with Crippen molar-refractivity contribution in [1.82, 2.24) is 10.2 Å². The third kappa shape index (κ3) is 7.96. The van der Waals surface area contributed by atoms with Gasteiger partial charge in [0.2, 0.25) is 11.8 Å². The van der Waals surface area contributed by atoms with E-state index in [9.17, 15) is 9.59 Å². The van der Waals surface area contributed by atoms with E-state index in [4.69, 9.17) is 0 Å². The normalized spacial score (nSPS) is 14.3. The van der Waals surface area contributed by atoms with Crippen molar-refractivity contribution in [3.63, 3.8) is 0 Å². The van der Waals surface area contributed by atoms with Gasteiger partial charge in [-0.2, -0.15) is 0 Å². The number of nitrogens with one attached hydrogen (secondary N) is 1. The summed E-state index contributed by atoms with van der Waals surface area (Å²) in [7, 11) is 0. The predicted molar refractivity (Wildman–Crippen MR) is 153 cm³/mol. The molecule has 0 aromatic heterocycles. The van der Waals surface area contributed by atoms with E-state index in [1.165, 1.54) is 11.1 Å². The van der Waals surface area contributed by atoms with Gasteiger partial charge in [-0.05, 0) is 48.9 Å². The fourth-order valence-electron chi connectivity index (χ4n) is 5.03. The first kappa shape index (κ1) is 27.0. The highest BCUT2D eigenvalue weighted by Crippen LogP contribution is 2.22. The molecule has 1 fully saturated rings. The SMILES string of the molecule is Cc1cccc(CSCC(=O)N(Cc2ccccc2C)[C@H](Cc2ccccc2)C(=O)NC2CCCC2)c1. The second-order valence-electron chi connectivity index (χ2n) is 10.1. The van der Waals surface area contributed by atoms with E-state index < -0.39 is 6.04 Å². The van der Waals surface area contributed by atoms with Crippen LogP contribution in [-0.2, 0) is 28.3 Å². The van der Waals surface area contributed by atoms with E-state index in [0.717, 1.165) is 48.1 Å². The molecule has 37 heavy (non-hydrogen) atoms. The fraction of sp³-hybridized carbons (Fsp3) is 0.375. The zero-order valence-electron chi connectivity index (χ0n) is 22.0. The lowest BCUT2D eigenvalue weighted by Crippen LogP contribution is -2.52. The van der Waals surface area contributed by atoms with Crippen LogP contribution >= 0.6 is 11.8 Å². The first-order valence-electron chi connectivity index (χ1n) is 13.3. The summed E-state index contributed by atoms with van der Waals surface area (Å²) in [6.07, 6.45) is 4.83. The molecule has 0 spiro atoms. The highest BCUT2D eigenvalue weighted by Gasteiger charge is 2.32. The largest absolute Gasteiger partial charge is 0.352 e. The number of benzene rings is 3. The number of hydrogen-bond donors (Lipinski definition) is 1. The van der Waals surface area contributed by atoms with Crippen molar-refractivity contribution in [2.24, 2.45) is 0 Å². The lowest BCUT2D eigenvalue weighted by Gasteiger charge is -2.32. The maximum absolute atomic E-state index is 13.8. The molecule has 5 heteroatoms. The maximum Gasteiger partial charge on any atom is 0.243 e. The average Bonchev–Trinajstić information content (AvgIpc) is 3.41. The lowest BCUT2D eigenvalue weighted by molar-refractivity contribution is -0.139. The second-order valence-corrected chi connectivity index (χ2v) is 11.1. The predicted octanol–water partition coefficient (Wildman–Crippen LogP) is 6.24. The van der Waals surface area contributed by atoms with Crippen LogP contribution in [0.4, 0.5) is 0 Å². The van der Waals surface area contributed by atoms with Gasteiger partial charge in [-0.3, -0.25) is 9.59 Å². The van der Waals surface area contributed by atoms with Crippen LogP contribution in [0.2, 0.25) is 0 Å². The topological polar surface area (TPSA) is 49.4 Å². The van der Waals surface area contributed by atoms with E-state index in [0.29, 0.717) is 18.7 Å². The molecule has 0 bridgehead atoms. The Morgan fingerprint density at radius 1 is 0.919 bits per heavy atom. The van der Waals surface area contributed by atoms with Crippen molar-refractivity contribution < 1.29 is 9.59 Å². The molecule has 1 atom stereocenters. The molecule has 0 saturated heterocycles. The quantitative estimate of drug-likeness (QED) is 0.330. The van der Waals surface area contributed by atoms with E-state index >= 15 is 0 Å². The van der Waals surface area contributed by atoms with Crippen LogP contribution in [0.1, 0.15) is 53.5 Å². The van der Waals surface area contributed by atoms with E-state index in [1.54, 1.807) is 11.8 Å². The molecular formula is C32H38N2O2S. The van der Waals surface area contributed by atoms with Gasteiger partial charge >= 0.3 is 0 Å². The number of nitrogens with zero attached hydrogens (tertiary/aromatic N) is 1. The highest BCUT2D eigenvalue weighted by molar-refractivity contribution is 7.99. The molecule has 4 nitrogen and oxygen atoms in total. The molecule has 0 heterocycles. The summed E-state index contributed by atoms with van der Waals surface area (Å²) in [5.74, 6) is 1.07. The van der Waals surface area contributed by atoms with Gasteiger partial charge < -0.3 is 10.2 Å². The summed E-state index contributed by atoms with van der Waals surface area (Å²) < 4.78 is 0. The third-order valence-electron chi connectivity index (χ3n) is 7.15. The monoisotopic (exact) mass is 514 g/mol. The van der Waals surface area contributed by atoms with Gasteiger partial charge in [0.25, 0.3) is 0 Å². The van der Waals surface area contributed by atoms with Crippen LogP contribution in [0.5, 0.6) is 0 Å². The van der Waals surface area contributed by atoms with Gasteiger partial charge in [0.1, 0.15) is 6.04 Å². The summed E-state index contributed by atoms with van der Waals surface area (Å²) in [6, 6.07) is 26.2. The molecule has 3 aromatic rings. The summed E-state index contributed by atoms with van der Waals surface area (Å²) in [4.78, 5) is 29.4. The fourth-order valence-corrected chi connectivity index (χ4v) is 5.89. The molecule has 1 aliphatic rings. The second kappa shape index (κ2) is 13.5. The van der Waals surface area contributed by atoms with Crippen LogP contribution in [0.15, 0.2) is 78.9 Å². The number of rotatable bonds is 11. The lowest BCUT2D eigenvalue weighted by atomic mass is 10.0. The Morgan fingerprint density at radius 3 is 2.35 bits per heavy atom. The van der Waals surface area contributed by atoms with E-state index in [1.807, 2.05) is 47.4 Å². The molecule has 4 rings (SSSR count). The van der Waals surface area contributed by atoms with Crippen LogP contribution < -0.4 is 5.32 Å². The van der Waals surface area contributed by atoms with Gasteiger partial charge in [0, 0.05) is 24.8 Å². The molecule has 1 saturated carbocycles. The van der Waals surface area contributed by atoms with Crippen molar-refractivity contribution in [1.29, 1.82) is 0 Å². The van der Waals surface area contributed by atoms with Crippen LogP contribution in [-0.4, -0.2) is 34.6 Å². The Morgan fingerprint density at radius 2 is 1.62 bits per heavy atom. The van der Waals surface area contributed by atoms with Crippen molar-refractivity contribution in [2.75, 3.05) is 5.75 Å². The molecule has 0 unspecified atom stereocenters. The molecule has 3 aromatic carbocycles. The molecule has 0 radical (unpaired) electrons. The first-order chi connectivity index (χ1) is 18.0. The number of hydrogen-bond acceptors (Lipinski definition) is 3. The molecule has 194 valence electrons. The summed E-state index contributed by atoms with van der Waals surface area (Å²) in [6.45, 7) is 4.57. The minimum absolute atomic E-state index is 0.00316. The number of carbonyl (C=O) groups excluding carboxylic acids is 2. The first-order valence-corrected chi connectivity index (χ1v) is 14.5. The van der Waals surface area contributed by atoms with Crippen molar-refractivity contribution in [3.8, 4) is 0 Å². The minimum Gasteiger partial charge on any atom is -0.352 e. The van der Waals surface area contributed by atoms with Gasteiger partial charge in [0.15, 0.2) is 0 Å². The molecular weight excluding hydrogens is 476 g/mol. The molecule has 1 N–H and O–H groups in total. The Kier molecular flexibility index (Phi) is 9.84. The summed E-state index contributed by atoms with van der Waals surface area (Å²) in [5.41, 5.74) is 5.69. The standard InChI is InChI=1S/C32H38N2O2S/c1-24-11-10-15-27(19-24)22-37-23-31(35)34(21-28-16-7-6-12-25(28)2)30(20-26-13-4-3-5-14-26)32(36)33-29-17-8-9-18-29/h3-7,10-16,19,29-30H,8-9,17-18,20-23H2,1-2H3,(H,33,36)/t30-/m1/s1. The van der Waals surface area contributed by atoms with Crippen LogP contribution in [0, 0.1) is 13.8 Å². The highest BCUT2D eigenvalue weighted by atomic mass is 32.2. The van der Waals surface area contributed by atoms with Crippen LogP contribution in [0.3, 0.4) is 0 Å². The number of thioether (sulfide) groups is 1. The van der Waals surface area contributed by atoms with Gasteiger partial charge in [0.05, 0.1) is 5.75 Å². The smallest absolute Gasteiger partial charge is 0.243 e. The summed E-state index contributed by atoms with van der Waals surface area (Å²) in [5, 5.41) is 3.28. The Balaban J connectivity index is 1.57. The zero-order valence-corrected chi connectivity index (χ0v) is 22.8. The van der Waals surface area contributed by atoms with Crippen molar-refractivity contribution in [2.45, 2.75) is 70.3 Å². The maximum atomic E-state index is 13.8. The Labute approximate surface area is 225 Å². The van der Waals surface area contributed by atoms with Crippen molar-refractivity contribution in [3.05, 3.63) is 107 Å². The van der Waals surface area contributed by atoms with Gasteiger partial charge in [-0.15, -0.1) is 11.8 Å². The molecule has 2 amide bonds. The number of carbonyl (C=O) groups is 2. The molecule has 1 aliphatic carbocycles. The van der Waals surface area contributed by atoms with E-state index in [2.05, 4.69) is 55.6 Å². The Bertz CT molecular complexity index is 1170. The molecule has 0 aliphatic heterocycles. The van der Waals surface area contributed by atoms with Crippen molar-refractivity contribution >= 4 is 23.6 Å². The van der Waals surface area contributed by atoms with Gasteiger partial charge in [-0.25, -0.2) is 0 Å². The third-order valence-corrected chi connectivity index (χ3v) is 8.14. The van der Waals surface area contributed by atoms with Gasteiger partial charge in [-0.1, -0.05) is 97.3 Å². The van der Waals surface area contributed by atoms with Crippen LogP contribution in [0.25, 0.3) is 0 Å².